The molecule has 1 aromatic carbocycles. The van der Waals surface area contributed by atoms with Crippen molar-refractivity contribution in [3.8, 4) is 5.75 Å². The number of hydrogen-bond acceptors (Lipinski definition) is 8. The van der Waals surface area contributed by atoms with Gasteiger partial charge in [0.15, 0.2) is 11.6 Å². The molecule has 0 fully saturated rings. The van der Waals surface area contributed by atoms with Gasteiger partial charge in [-0.15, -0.1) is 0 Å². The van der Waals surface area contributed by atoms with Crippen LogP contribution in [-0.2, 0) is 4.74 Å². The van der Waals surface area contributed by atoms with Gasteiger partial charge in [-0.05, 0) is 52.7 Å². The zero-order valence-electron chi connectivity index (χ0n) is 17.0. The second-order valence-electron chi connectivity index (χ2n) is 7.21. The standard InChI is InChI=1S/C19H30N6O3/c1-5-27-13-8-9-14-15(12-13)24-16(17(23-14)25-20)21-10-6-7-11-22-18(26)28-19(2,3)4/h8-9,12H,5-7,10-11,20H2,1-4H3,(H,21,24)(H,22,26)(H,23,25). The van der Waals surface area contributed by atoms with E-state index in [1.807, 2.05) is 45.9 Å². The molecule has 2 aromatic rings. The number of anilines is 2. The Kier molecular flexibility index (Phi) is 7.62. The number of hydrogen-bond donors (Lipinski definition) is 4. The number of fused-ring (bicyclic) bond motifs is 1. The topological polar surface area (TPSA) is 123 Å². The van der Waals surface area contributed by atoms with Crippen LogP contribution < -0.4 is 26.6 Å². The van der Waals surface area contributed by atoms with E-state index in [4.69, 9.17) is 15.3 Å². The molecular formula is C19H30N6O3. The molecule has 9 heteroatoms. The lowest BCUT2D eigenvalue weighted by atomic mass is 10.2. The summed E-state index contributed by atoms with van der Waals surface area (Å²) in [5, 5.41) is 5.97. The molecule has 0 radical (unpaired) electrons. The first-order valence-electron chi connectivity index (χ1n) is 9.44. The van der Waals surface area contributed by atoms with Crippen LogP contribution in [0.3, 0.4) is 0 Å². The zero-order chi connectivity index (χ0) is 20.6. The van der Waals surface area contributed by atoms with Crippen LogP contribution in [0.15, 0.2) is 18.2 Å². The number of amides is 1. The van der Waals surface area contributed by atoms with Crippen molar-refractivity contribution in [3.05, 3.63) is 18.2 Å². The summed E-state index contributed by atoms with van der Waals surface area (Å²) in [6, 6.07) is 5.55. The van der Waals surface area contributed by atoms with E-state index in [9.17, 15) is 4.79 Å². The van der Waals surface area contributed by atoms with Crippen LogP contribution in [0.4, 0.5) is 16.4 Å². The Morgan fingerprint density at radius 1 is 1.11 bits per heavy atom. The summed E-state index contributed by atoms with van der Waals surface area (Å²) in [6.07, 6.45) is 1.23. The van der Waals surface area contributed by atoms with Crippen LogP contribution in [0.25, 0.3) is 11.0 Å². The fourth-order valence-electron chi connectivity index (χ4n) is 2.48. The Balaban J connectivity index is 1.86. The van der Waals surface area contributed by atoms with E-state index in [0.29, 0.717) is 31.3 Å². The van der Waals surface area contributed by atoms with Crippen molar-refractivity contribution >= 4 is 28.8 Å². The van der Waals surface area contributed by atoms with Crippen LogP contribution in [0.1, 0.15) is 40.5 Å². The number of carbonyl (C=O) groups is 1. The van der Waals surface area contributed by atoms with E-state index in [0.717, 1.165) is 29.6 Å². The first-order chi connectivity index (χ1) is 13.3. The summed E-state index contributed by atoms with van der Waals surface area (Å²) in [5.41, 5.74) is 3.53. The number of alkyl carbamates (subject to hydrolysis) is 1. The highest BCUT2D eigenvalue weighted by Crippen LogP contribution is 2.24. The number of rotatable bonds is 9. The summed E-state index contributed by atoms with van der Waals surface area (Å²) in [5.74, 6) is 7.37. The highest BCUT2D eigenvalue weighted by molar-refractivity contribution is 5.81. The molecule has 154 valence electrons. The van der Waals surface area contributed by atoms with Crippen molar-refractivity contribution in [1.29, 1.82) is 0 Å². The number of nitrogens with zero attached hydrogens (tertiary/aromatic N) is 2. The molecule has 0 saturated carbocycles. The lowest BCUT2D eigenvalue weighted by Crippen LogP contribution is -2.33. The molecule has 0 aliphatic heterocycles. The van der Waals surface area contributed by atoms with Crippen molar-refractivity contribution in [2.45, 2.75) is 46.1 Å². The third-order valence-corrected chi connectivity index (χ3v) is 3.65. The van der Waals surface area contributed by atoms with Gasteiger partial charge in [-0.3, -0.25) is 0 Å². The second kappa shape index (κ2) is 9.93. The molecule has 1 aromatic heterocycles. The van der Waals surface area contributed by atoms with Crippen LogP contribution >= 0.6 is 0 Å². The van der Waals surface area contributed by atoms with E-state index in [1.54, 1.807) is 0 Å². The maximum atomic E-state index is 11.6. The molecule has 2 rings (SSSR count). The average Bonchev–Trinajstić information content (AvgIpc) is 2.62. The molecule has 0 aliphatic carbocycles. The Morgan fingerprint density at radius 2 is 1.82 bits per heavy atom. The van der Waals surface area contributed by atoms with E-state index in [-0.39, 0.29) is 0 Å². The third-order valence-electron chi connectivity index (χ3n) is 3.65. The molecule has 0 atom stereocenters. The number of carbonyl (C=O) groups excluding carboxylic acids is 1. The number of nitrogen functional groups attached to an aromatic ring is 1. The van der Waals surface area contributed by atoms with E-state index in [2.05, 4.69) is 26.0 Å². The van der Waals surface area contributed by atoms with Gasteiger partial charge < -0.3 is 25.5 Å². The number of aromatic nitrogens is 2. The predicted molar refractivity (Wildman–Crippen MR) is 110 cm³/mol. The minimum absolute atomic E-state index is 0.402. The molecule has 1 amide bonds. The fraction of sp³-hybridized carbons (Fsp3) is 0.526. The van der Waals surface area contributed by atoms with E-state index < -0.39 is 11.7 Å². The SMILES string of the molecule is CCOc1ccc2nc(NN)c(NCCCCNC(=O)OC(C)(C)C)nc2c1. The fourth-order valence-corrected chi connectivity index (χ4v) is 2.48. The monoisotopic (exact) mass is 390 g/mol. The largest absolute Gasteiger partial charge is 0.494 e. The van der Waals surface area contributed by atoms with Crippen LogP contribution in [0, 0.1) is 0 Å². The van der Waals surface area contributed by atoms with Gasteiger partial charge in [0, 0.05) is 19.2 Å². The summed E-state index contributed by atoms with van der Waals surface area (Å²) in [4.78, 5) is 20.7. The van der Waals surface area contributed by atoms with Crippen molar-refractivity contribution in [3.63, 3.8) is 0 Å². The number of nitrogens with one attached hydrogen (secondary N) is 3. The van der Waals surface area contributed by atoms with Gasteiger partial charge in [-0.1, -0.05) is 0 Å². The molecule has 1 heterocycles. The Bertz CT molecular complexity index is 791. The Labute approximate surface area is 165 Å². The van der Waals surface area contributed by atoms with Crippen molar-refractivity contribution in [2.75, 3.05) is 30.4 Å². The molecule has 9 nitrogen and oxygen atoms in total. The van der Waals surface area contributed by atoms with Gasteiger partial charge in [0.25, 0.3) is 0 Å². The van der Waals surface area contributed by atoms with Gasteiger partial charge in [0.05, 0.1) is 17.6 Å². The maximum absolute atomic E-state index is 11.6. The van der Waals surface area contributed by atoms with Crippen LogP contribution in [-0.4, -0.2) is 41.4 Å². The number of benzene rings is 1. The van der Waals surface area contributed by atoms with Crippen LogP contribution in [0.2, 0.25) is 0 Å². The number of hydrazine groups is 1. The molecule has 0 spiro atoms. The molecule has 5 N–H and O–H groups in total. The third kappa shape index (κ3) is 6.73. The smallest absolute Gasteiger partial charge is 0.407 e. The molecule has 28 heavy (non-hydrogen) atoms. The van der Waals surface area contributed by atoms with Gasteiger partial charge >= 0.3 is 6.09 Å². The second-order valence-corrected chi connectivity index (χ2v) is 7.21. The lowest BCUT2D eigenvalue weighted by Gasteiger charge is -2.19. The molecular weight excluding hydrogens is 360 g/mol. The van der Waals surface area contributed by atoms with Gasteiger partial charge in [0.1, 0.15) is 11.4 Å². The Morgan fingerprint density at radius 3 is 2.50 bits per heavy atom. The van der Waals surface area contributed by atoms with Crippen molar-refractivity contribution in [2.24, 2.45) is 5.84 Å². The van der Waals surface area contributed by atoms with E-state index in [1.165, 1.54) is 0 Å². The van der Waals surface area contributed by atoms with E-state index >= 15 is 0 Å². The highest BCUT2D eigenvalue weighted by Gasteiger charge is 2.15. The minimum Gasteiger partial charge on any atom is -0.494 e. The number of ether oxygens (including phenoxy) is 2. The summed E-state index contributed by atoms with van der Waals surface area (Å²) >= 11 is 0. The number of nitrogens with two attached hydrogens (primary N) is 1. The van der Waals surface area contributed by atoms with Crippen molar-refractivity contribution < 1.29 is 14.3 Å². The Hall–Kier alpha value is -2.81. The predicted octanol–water partition coefficient (Wildman–Crippen LogP) is 3.03. The summed E-state index contributed by atoms with van der Waals surface area (Å²) < 4.78 is 10.7. The maximum Gasteiger partial charge on any atom is 0.407 e. The highest BCUT2D eigenvalue weighted by atomic mass is 16.6. The minimum atomic E-state index is -0.492. The molecule has 0 unspecified atom stereocenters. The zero-order valence-corrected chi connectivity index (χ0v) is 17.0. The normalized spacial score (nSPS) is 11.2. The molecule has 0 saturated heterocycles. The lowest BCUT2D eigenvalue weighted by molar-refractivity contribution is 0.0527. The number of unbranched alkanes of at least 4 members (excludes halogenated alkanes) is 1. The average molecular weight is 390 g/mol. The molecule has 0 aliphatic rings. The summed E-state index contributed by atoms with van der Waals surface area (Å²) in [7, 11) is 0. The first kappa shape index (κ1) is 21.5. The summed E-state index contributed by atoms with van der Waals surface area (Å²) in [6.45, 7) is 9.23. The van der Waals surface area contributed by atoms with Gasteiger partial charge in [0.2, 0.25) is 0 Å². The quantitative estimate of drug-likeness (QED) is 0.293. The van der Waals surface area contributed by atoms with Gasteiger partial charge in [-0.2, -0.15) is 0 Å². The molecule has 0 bridgehead atoms. The van der Waals surface area contributed by atoms with Crippen LogP contribution in [0.5, 0.6) is 5.75 Å². The van der Waals surface area contributed by atoms with Crippen molar-refractivity contribution in [1.82, 2.24) is 15.3 Å². The van der Waals surface area contributed by atoms with Gasteiger partial charge in [-0.25, -0.2) is 20.6 Å². The first-order valence-corrected chi connectivity index (χ1v) is 9.44.